The molecule has 0 bridgehead atoms. The molecule has 4 N–H and O–H groups in total. The maximum atomic E-state index is 9.43. The van der Waals surface area contributed by atoms with Crippen LogP contribution in [0.1, 0.15) is 12.5 Å². The molecule has 94 valence electrons. The molecule has 0 aromatic heterocycles. The van der Waals surface area contributed by atoms with Crippen molar-refractivity contribution in [1.82, 2.24) is 0 Å². The minimum Gasteiger partial charge on any atom is -0.399 e. The van der Waals surface area contributed by atoms with Gasteiger partial charge in [0.05, 0.1) is 6.10 Å². The third-order valence-corrected chi connectivity index (χ3v) is 2.72. The summed E-state index contributed by atoms with van der Waals surface area (Å²) in [6, 6.07) is 15.7. The standard InChI is InChI=1S/C15H18N2O/c1-11(18)9-12-10-14(7-8-15(12)16)17-13-5-3-2-4-6-13/h2-8,10-11,17-18H,9,16H2,1H3. The first kappa shape index (κ1) is 12.5. The number of para-hydroxylation sites is 1. The molecule has 2 aromatic carbocycles. The van der Waals surface area contributed by atoms with Gasteiger partial charge in [-0.1, -0.05) is 18.2 Å². The third kappa shape index (κ3) is 3.25. The molecule has 0 heterocycles. The van der Waals surface area contributed by atoms with Crippen molar-refractivity contribution >= 4 is 17.1 Å². The van der Waals surface area contributed by atoms with E-state index in [4.69, 9.17) is 5.73 Å². The Morgan fingerprint density at radius 3 is 2.50 bits per heavy atom. The summed E-state index contributed by atoms with van der Waals surface area (Å²) in [4.78, 5) is 0. The SMILES string of the molecule is CC(O)Cc1cc(Nc2ccccc2)ccc1N. The molecule has 0 saturated heterocycles. The highest BCUT2D eigenvalue weighted by atomic mass is 16.3. The molecule has 2 aromatic rings. The fourth-order valence-corrected chi connectivity index (χ4v) is 1.87. The van der Waals surface area contributed by atoms with Gasteiger partial charge in [0.15, 0.2) is 0 Å². The minimum atomic E-state index is -0.390. The van der Waals surface area contributed by atoms with Crippen molar-refractivity contribution in [3.8, 4) is 0 Å². The first-order valence-electron chi connectivity index (χ1n) is 6.03. The second kappa shape index (κ2) is 5.56. The van der Waals surface area contributed by atoms with Crippen LogP contribution in [0.3, 0.4) is 0 Å². The maximum absolute atomic E-state index is 9.43. The molecule has 0 fully saturated rings. The Labute approximate surface area is 107 Å². The van der Waals surface area contributed by atoms with E-state index < -0.39 is 0 Å². The van der Waals surface area contributed by atoms with Crippen molar-refractivity contribution in [2.75, 3.05) is 11.1 Å². The third-order valence-electron chi connectivity index (χ3n) is 2.72. The van der Waals surface area contributed by atoms with Crippen LogP contribution in [0.5, 0.6) is 0 Å². The summed E-state index contributed by atoms with van der Waals surface area (Å²) in [5.41, 5.74) is 9.58. The molecule has 2 rings (SSSR count). The van der Waals surface area contributed by atoms with Crippen molar-refractivity contribution in [3.05, 3.63) is 54.1 Å². The van der Waals surface area contributed by atoms with Gasteiger partial charge in [0.1, 0.15) is 0 Å². The summed E-state index contributed by atoms with van der Waals surface area (Å²) < 4.78 is 0. The van der Waals surface area contributed by atoms with Crippen LogP contribution >= 0.6 is 0 Å². The summed E-state index contributed by atoms with van der Waals surface area (Å²) in [6.45, 7) is 1.76. The van der Waals surface area contributed by atoms with Gasteiger partial charge in [-0.3, -0.25) is 0 Å². The molecule has 0 radical (unpaired) electrons. The Hall–Kier alpha value is -2.00. The van der Waals surface area contributed by atoms with Crippen molar-refractivity contribution in [2.24, 2.45) is 0 Å². The first-order chi connectivity index (χ1) is 8.65. The Kier molecular flexibility index (Phi) is 3.85. The van der Waals surface area contributed by atoms with E-state index in [1.165, 1.54) is 0 Å². The Balaban J connectivity index is 2.19. The quantitative estimate of drug-likeness (QED) is 0.722. The van der Waals surface area contributed by atoms with E-state index in [0.29, 0.717) is 6.42 Å². The highest BCUT2D eigenvalue weighted by Crippen LogP contribution is 2.22. The summed E-state index contributed by atoms with van der Waals surface area (Å²) in [6.07, 6.45) is 0.176. The van der Waals surface area contributed by atoms with E-state index in [0.717, 1.165) is 22.6 Å². The Bertz CT molecular complexity index is 509. The average molecular weight is 242 g/mol. The van der Waals surface area contributed by atoms with Crippen molar-refractivity contribution in [2.45, 2.75) is 19.4 Å². The van der Waals surface area contributed by atoms with E-state index >= 15 is 0 Å². The Morgan fingerprint density at radius 2 is 1.83 bits per heavy atom. The zero-order chi connectivity index (χ0) is 13.0. The summed E-state index contributed by atoms with van der Waals surface area (Å²) in [5, 5.41) is 12.7. The Morgan fingerprint density at radius 1 is 1.11 bits per heavy atom. The molecule has 1 atom stereocenters. The number of nitrogens with two attached hydrogens (primary N) is 1. The van der Waals surface area contributed by atoms with Crippen LogP contribution in [0.15, 0.2) is 48.5 Å². The molecular formula is C15H18N2O. The largest absolute Gasteiger partial charge is 0.399 e. The fraction of sp³-hybridized carbons (Fsp3) is 0.200. The van der Waals surface area contributed by atoms with Gasteiger partial charge in [0, 0.05) is 23.5 Å². The van der Waals surface area contributed by atoms with E-state index in [1.54, 1.807) is 6.92 Å². The van der Waals surface area contributed by atoms with Crippen LogP contribution in [-0.4, -0.2) is 11.2 Å². The molecule has 0 aliphatic heterocycles. The predicted molar refractivity (Wildman–Crippen MR) is 76.0 cm³/mol. The smallest absolute Gasteiger partial charge is 0.0553 e. The molecule has 0 saturated carbocycles. The zero-order valence-corrected chi connectivity index (χ0v) is 10.4. The van der Waals surface area contributed by atoms with Crippen molar-refractivity contribution < 1.29 is 5.11 Å². The van der Waals surface area contributed by atoms with E-state index in [9.17, 15) is 5.11 Å². The minimum absolute atomic E-state index is 0.390. The molecule has 0 spiro atoms. The van der Waals surface area contributed by atoms with Gasteiger partial charge in [-0.2, -0.15) is 0 Å². The lowest BCUT2D eigenvalue weighted by Crippen LogP contribution is -2.07. The lowest BCUT2D eigenvalue weighted by Gasteiger charge is -2.12. The van der Waals surface area contributed by atoms with Gasteiger partial charge in [0.25, 0.3) is 0 Å². The lowest BCUT2D eigenvalue weighted by atomic mass is 10.1. The summed E-state index contributed by atoms with van der Waals surface area (Å²) in [5.74, 6) is 0. The van der Waals surface area contributed by atoms with Crippen molar-refractivity contribution in [1.29, 1.82) is 0 Å². The highest BCUT2D eigenvalue weighted by Gasteiger charge is 2.05. The fourth-order valence-electron chi connectivity index (χ4n) is 1.87. The monoisotopic (exact) mass is 242 g/mol. The molecule has 3 heteroatoms. The number of aliphatic hydroxyl groups excluding tert-OH is 1. The van der Waals surface area contributed by atoms with Gasteiger partial charge in [-0.15, -0.1) is 0 Å². The van der Waals surface area contributed by atoms with Gasteiger partial charge in [-0.25, -0.2) is 0 Å². The molecule has 3 nitrogen and oxygen atoms in total. The number of nitrogen functional groups attached to an aromatic ring is 1. The van der Waals surface area contributed by atoms with Crippen LogP contribution in [0.2, 0.25) is 0 Å². The second-order valence-electron chi connectivity index (χ2n) is 4.46. The number of aliphatic hydroxyl groups is 1. The zero-order valence-electron chi connectivity index (χ0n) is 10.4. The van der Waals surface area contributed by atoms with Crippen LogP contribution in [-0.2, 0) is 6.42 Å². The normalized spacial score (nSPS) is 12.1. The van der Waals surface area contributed by atoms with E-state index in [-0.39, 0.29) is 6.10 Å². The molecule has 1 unspecified atom stereocenters. The first-order valence-corrected chi connectivity index (χ1v) is 6.03. The molecule has 0 aliphatic carbocycles. The number of anilines is 3. The predicted octanol–water partition coefficient (Wildman–Crippen LogP) is 2.94. The van der Waals surface area contributed by atoms with Gasteiger partial charge in [-0.05, 0) is 42.8 Å². The van der Waals surface area contributed by atoms with Gasteiger partial charge in [0.2, 0.25) is 0 Å². The van der Waals surface area contributed by atoms with Crippen LogP contribution in [0.25, 0.3) is 0 Å². The van der Waals surface area contributed by atoms with Crippen LogP contribution < -0.4 is 11.1 Å². The number of hydrogen-bond donors (Lipinski definition) is 3. The highest BCUT2D eigenvalue weighted by molar-refractivity contribution is 5.64. The molecular weight excluding hydrogens is 224 g/mol. The molecule has 0 amide bonds. The average Bonchev–Trinajstić information content (AvgIpc) is 2.34. The maximum Gasteiger partial charge on any atom is 0.0553 e. The van der Waals surface area contributed by atoms with Crippen LogP contribution in [0.4, 0.5) is 17.1 Å². The molecule has 0 aliphatic rings. The number of rotatable bonds is 4. The number of benzene rings is 2. The molecule has 18 heavy (non-hydrogen) atoms. The number of nitrogens with one attached hydrogen (secondary N) is 1. The lowest BCUT2D eigenvalue weighted by molar-refractivity contribution is 0.195. The van der Waals surface area contributed by atoms with E-state index in [2.05, 4.69) is 5.32 Å². The summed E-state index contributed by atoms with van der Waals surface area (Å²) >= 11 is 0. The van der Waals surface area contributed by atoms with Crippen LogP contribution in [0, 0.1) is 0 Å². The van der Waals surface area contributed by atoms with Crippen molar-refractivity contribution in [3.63, 3.8) is 0 Å². The summed E-state index contributed by atoms with van der Waals surface area (Å²) in [7, 11) is 0. The van der Waals surface area contributed by atoms with Gasteiger partial charge >= 0.3 is 0 Å². The second-order valence-corrected chi connectivity index (χ2v) is 4.46. The van der Waals surface area contributed by atoms with Gasteiger partial charge < -0.3 is 16.2 Å². The topological polar surface area (TPSA) is 58.3 Å². The number of hydrogen-bond acceptors (Lipinski definition) is 3. The van der Waals surface area contributed by atoms with E-state index in [1.807, 2.05) is 48.5 Å².